The second-order valence-corrected chi connectivity index (χ2v) is 3.99. The minimum atomic E-state index is -4.35. The Kier molecular flexibility index (Phi) is 4.43. The molecule has 0 aliphatic heterocycles. The molecule has 1 aromatic rings. The topological polar surface area (TPSA) is 43.8 Å². The quantitative estimate of drug-likeness (QED) is 0.894. The molecule has 0 saturated carbocycles. The fourth-order valence-electron chi connectivity index (χ4n) is 2.21. The predicted octanol–water partition coefficient (Wildman–Crippen LogP) is 2.16. The van der Waals surface area contributed by atoms with Gasteiger partial charge >= 0.3 is 6.18 Å². The monoisotopic (exact) mass is 269 g/mol. The van der Waals surface area contributed by atoms with Crippen LogP contribution in [0.2, 0.25) is 0 Å². The molecule has 0 atom stereocenters. The van der Waals surface area contributed by atoms with Crippen LogP contribution >= 0.6 is 12.4 Å². The van der Waals surface area contributed by atoms with Crippen LogP contribution in [-0.4, -0.2) is 16.3 Å². The minimum absolute atomic E-state index is 0. The summed E-state index contributed by atoms with van der Waals surface area (Å²) in [5.41, 5.74) is 5.77. The van der Waals surface area contributed by atoms with Crippen LogP contribution in [0.4, 0.5) is 13.2 Å². The summed E-state index contributed by atoms with van der Waals surface area (Å²) in [7, 11) is 0. The van der Waals surface area contributed by atoms with Crippen molar-refractivity contribution in [3.63, 3.8) is 0 Å². The van der Waals surface area contributed by atoms with Gasteiger partial charge in [0.15, 0.2) is 5.69 Å². The van der Waals surface area contributed by atoms with E-state index in [0.717, 1.165) is 18.5 Å². The summed E-state index contributed by atoms with van der Waals surface area (Å²) in [6.07, 6.45) is -1.45. The van der Waals surface area contributed by atoms with Gasteiger partial charge in [-0.05, 0) is 25.7 Å². The van der Waals surface area contributed by atoms with Crippen LogP contribution in [0.25, 0.3) is 0 Å². The van der Waals surface area contributed by atoms with Crippen molar-refractivity contribution < 1.29 is 13.2 Å². The maximum absolute atomic E-state index is 12.7. The van der Waals surface area contributed by atoms with Crippen LogP contribution in [0.1, 0.15) is 29.8 Å². The largest absolute Gasteiger partial charge is 0.435 e. The molecular weight excluding hydrogens is 255 g/mol. The van der Waals surface area contributed by atoms with Crippen molar-refractivity contribution in [1.29, 1.82) is 0 Å². The van der Waals surface area contributed by atoms with Gasteiger partial charge in [0, 0.05) is 17.8 Å². The van der Waals surface area contributed by atoms with E-state index >= 15 is 0 Å². The van der Waals surface area contributed by atoms with Crippen molar-refractivity contribution in [2.75, 3.05) is 6.54 Å². The third-order valence-electron chi connectivity index (χ3n) is 2.87. The van der Waals surface area contributed by atoms with E-state index in [1.54, 1.807) is 0 Å². The van der Waals surface area contributed by atoms with Crippen LogP contribution in [0.3, 0.4) is 0 Å². The highest BCUT2D eigenvalue weighted by Crippen LogP contribution is 2.35. The number of hydrogen-bond acceptors (Lipinski definition) is 2. The Morgan fingerprint density at radius 3 is 2.47 bits per heavy atom. The molecule has 2 N–H and O–H groups in total. The molecule has 1 aliphatic rings. The molecule has 0 amide bonds. The highest BCUT2D eigenvalue weighted by Gasteiger charge is 2.39. The zero-order chi connectivity index (χ0) is 11.8. The zero-order valence-corrected chi connectivity index (χ0v) is 10.1. The first-order chi connectivity index (χ1) is 7.54. The van der Waals surface area contributed by atoms with Crippen LogP contribution in [0.5, 0.6) is 0 Å². The zero-order valence-electron chi connectivity index (χ0n) is 9.26. The standard InChI is InChI=1S/C10H14F3N3.ClH/c11-10(12,13)9-7-3-1-2-4-8(7)16(15-9)6-5-14;/h1-6,14H2;1H. The molecule has 7 heteroatoms. The molecule has 1 heterocycles. The van der Waals surface area contributed by atoms with Crippen molar-refractivity contribution >= 4 is 12.4 Å². The number of halogens is 4. The molecule has 17 heavy (non-hydrogen) atoms. The molecule has 98 valence electrons. The third-order valence-corrected chi connectivity index (χ3v) is 2.87. The van der Waals surface area contributed by atoms with Gasteiger partial charge in [-0.1, -0.05) is 0 Å². The number of hydrogen-bond donors (Lipinski definition) is 1. The Morgan fingerprint density at radius 1 is 1.24 bits per heavy atom. The van der Waals surface area contributed by atoms with Gasteiger partial charge in [0.1, 0.15) is 0 Å². The second kappa shape index (κ2) is 5.27. The van der Waals surface area contributed by atoms with E-state index in [0.29, 0.717) is 31.5 Å². The Balaban J connectivity index is 0.00000144. The number of fused-ring (bicyclic) bond motifs is 1. The SMILES string of the molecule is Cl.NCCn1nc(C(F)(F)F)c2c1CCCC2. The maximum Gasteiger partial charge on any atom is 0.435 e. The van der Waals surface area contributed by atoms with Gasteiger partial charge in [0.05, 0.1) is 6.54 Å². The van der Waals surface area contributed by atoms with Crippen LogP contribution in [-0.2, 0) is 25.6 Å². The fourth-order valence-corrected chi connectivity index (χ4v) is 2.21. The van der Waals surface area contributed by atoms with Crippen molar-refractivity contribution in [1.82, 2.24) is 9.78 Å². The summed E-state index contributed by atoms with van der Waals surface area (Å²) in [5.74, 6) is 0. The van der Waals surface area contributed by atoms with Gasteiger partial charge in [-0.15, -0.1) is 12.4 Å². The summed E-state index contributed by atoms with van der Waals surface area (Å²) in [5, 5.41) is 3.66. The van der Waals surface area contributed by atoms with Crippen LogP contribution in [0.15, 0.2) is 0 Å². The van der Waals surface area contributed by atoms with E-state index in [2.05, 4.69) is 5.10 Å². The normalized spacial score (nSPS) is 15.3. The maximum atomic E-state index is 12.7. The lowest BCUT2D eigenvalue weighted by atomic mass is 9.95. The Labute approximate surface area is 104 Å². The first-order valence-corrected chi connectivity index (χ1v) is 5.40. The van der Waals surface area contributed by atoms with Gasteiger partial charge in [0.2, 0.25) is 0 Å². The fraction of sp³-hybridized carbons (Fsp3) is 0.700. The second-order valence-electron chi connectivity index (χ2n) is 3.99. The Hall–Kier alpha value is -0.750. The van der Waals surface area contributed by atoms with E-state index in [1.165, 1.54) is 4.68 Å². The molecule has 2 rings (SSSR count). The van der Waals surface area contributed by atoms with E-state index in [4.69, 9.17) is 5.73 Å². The lowest BCUT2D eigenvalue weighted by molar-refractivity contribution is -0.142. The minimum Gasteiger partial charge on any atom is -0.329 e. The van der Waals surface area contributed by atoms with Crippen molar-refractivity contribution in [2.45, 2.75) is 38.4 Å². The number of aromatic nitrogens is 2. The number of alkyl halides is 3. The predicted molar refractivity (Wildman–Crippen MR) is 60.2 cm³/mol. The van der Waals surface area contributed by atoms with E-state index in [-0.39, 0.29) is 12.4 Å². The molecule has 0 fully saturated rings. The molecule has 0 spiro atoms. The Morgan fingerprint density at radius 2 is 1.88 bits per heavy atom. The molecule has 3 nitrogen and oxygen atoms in total. The average molecular weight is 270 g/mol. The van der Waals surface area contributed by atoms with Gasteiger partial charge in [-0.2, -0.15) is 18.3 Å². The number of nitrogens with two attached hydrogens (primary N) is 1. The lowest BCUT2D eigenvalue weighted by Gasteiger charge is -2.14. The van der Waals surface area contributed by atoms with Crippen molar-refractivity contribution in [3.05, 3.63) is 17.0 Å². The first kappa shape index (κ1) is 14.3. The highest BCUT2D eigenvalue weighted by atomic mass is 35.5. The molecule has 0 saturated heterocycles. The van der Waals surface area contributed by atoms with Gasteiger partial charge in [-0.25, -0.2) is 0 Å². The van der Waals surface area contributed by atoms with E-state index in [1.807, 2.05) is 0 Å². The highest BCUT2D eigenvalue weighted by molar-refractivity contribution is 5.85. The summed E-state index contributed by atoms with van der Waals surface area (Å²) in [6.45, 7) is 0.670. The summed E-state index contributed by atoms with van der Waals surface area (Å²) in [4.78, 5) is 0. The smallest absolute Gasteiger partial charge is 0.329 e. The van der Waals surface area contributed by atoms with Gasteiger partial charge in [-0.3, -0.25) is 4.68 Å². The Bertz CT molecular complexity index is 387. The summed E-state index contributed by atoms with van der Waals surface area (Å²) in [6, 6.07) is 0. The number of rotatable bonds is 2. The van der Waals surface area contributed by atoms with E-state index < -0.39 is 11.9 Å². The molecule has 1 aromatic heterocycles. The van der Waals surface area contributed by atoms with Gasteiger partial charge < -0.3 is 5.73 Å². The van der Waals surface area contributed by atoms with Crippen LogP contribution in [0, 0.1) is 0 Å². The summed E-state index contributed by atoms with van der Waals surface area (Å²) >= 11 is 0. The molecular formula is C10H15ClF3N3. The van der Waals surface area contributed by atoms with Gasteiger partial charge in [0.25, 0.3) is 0 Å². The first-order valence-electron chi connectivity index (χ1n) is 5.40. The van der Waals surface area contributed by atoms with Crippen LogP contribution < -0.4 is 5.73 Å². The molecule has 0 radical (unpaired) electrons. The molecule has 0 aromatic carbocycles. The van der Waals surface area contributed by atoms with E-state index in [9.17, 15) is 13.2 Å². The lowest BCUT2D eigenvalue weighted by Crippen LogP contribution is -2.15. The van der Waals surface area contributed by atoms with Crippen molar-refractivity contribution in [3.8, 4) is 0 Å². The van der Waals surface area contributed by atoms with Crippen molar-refractivity contribution in [2.24, 2.45) is 5.73 Å². The number of nitrogens with zero attached hydrogens (tertiary/aromatic N) is 2. The molecule has 1 aliphatic carbocycles. The summed E-state index contributed by atoms with van der Waals surface area (Å²) < 4.78 is 39.6. The average Bonchev–Trinajstić information content (AvgIpc) is 2.58. The third kappa shape index (κ3) is 2.74. The molecule has 0 unspecified atom stereocenters. The molecule has 0 bridgehead atoms.